The Morgan fingerprint density at radius 2 is 1.73 bits per heavy atom. The number of fused-ring (bicyclic) bond motifs is 1. The highest BCUT2D eigenvalue weighted by molar-refractivity contribution is 5.94. The van der Waals surface area contributed by atoms with Crippen molar-refractivity contribution in [2.75, 3.05) is 26.7 Å². The standard InChI is InChI=1S/C31H45N5O4.ClH/c1-7-30(2,3)29(40)36-17-10-13-25(36)26(37)34-24(20-21-14-15-22-11-8-9-12-23(22)19-21)27(38)35(6)18-16-33-28(39)31(4,5)32;/h8-9,11-12,14-15,19,24-25H,7,10,13,16-18,20,32H2,1-6H3,(H,33,39)(H,34,37);1H/t24-,25?;/m1./s1. The van der Waals surface area contributed by atoms with E-state index in [4.69, 9.17) is 5.73 Å². The first-order valence-corrected chi connectivity index (χ1v) is 14.2. The topological polar surface area (TPSA) is 125 Å². The minimum atomic E-state index is -1.02. The van der Waals surface area contributed by atoms with Crippen molar-refractivity contribution in [3.8, 4) is 0 Å². The Hall–Kier alpha value is -3.17. The lowest BCUT2D eigenvalue weighted by Crippen LogP contribution is -2.56. The lowest BCUT2D eigenvalue weighted by atomic mass is 9.88. The van der Waals surface area contributed by atoms with Crippen molar-refractivity contribution in [2.24, 2.45) is 11.1 Å². The number of carbonyl (C=O) groups is 4. The van der Waals surface area contributed by atoms with Crippen LogP contribution in [0.15, 0.2) is 42.5 Å². The molecule has 1 heterocycles. The summed E-state index contributed by atoms with van der Waals surface area (Å²) in [6.07, 6.45) is 2.26. The summed E-state index contributed by atoms with van der Waals surface area (Å²) in [7, 11) is 1.65. The van der Waals surface area contributed by atoms with Crippen LogP contribution in [0.4, 0.5) is 0 Å². The summed E-state index contributed by atoms with van der Waals surface area (Å²) in [5, 5.41) is 7.87. The first kappa shape index (κ1) is 34.0. The first-order valence-electron chi connectivity index (χ1n) is 14.2. The predicted molar refractivity (Wildman–Crippen MR) is 165 cm³/mol. The summed E-state index contributed by atoms with van der Waals surface area (Å²) in [5.74, 6) is -0.938. The molecule has 1 saturated heterocycles. The third-order valence-corrected chi connectivity index (χ3v) is 7.84. The summed E-state index contributed by atoms with van der Waals surface area (Å²) in [4.78, 5) is 55.8. The van der Waals surface area contributed by atoms with Crippen LogP contribution in [0.1, 0.15) is 59.4 Å². The molecule has 0 aromatic heterocycles. The molecule has 1 aliphatic heterocycles. The lowest BCUT2D eigenvalue weighted by molar-refractivity contribution is -0.146. The normalized spacial score (nSPS) is 16.1. The molecule has 0 radical (unpaired) electrons. The van der Waals surface area contributed by atoms with Gasteiger partial charge in [0.15, 0.2) is 0 Å². The summed E-state index contributed by atoms with van der Waals surface area (Å²) < 4.78 is 0. The largest absolute Gasteiger partial charge is 0.353 e. The second kappa shape index (κ2) is 14.1. The van der Waals surface area contributed by atoms with Crippen molar-refractivity contribution in [3.63, 3.8) is 0 Å². The van der Waals surface area contributed by atoms with Crippen molar-refractivity contribution in [1.82, 2.24) is 20.4 Å². The summed E-state index contributed by atoms with van der Waals surface area (Å²) in [6.45, 7) is 10.0. The number of likely N-dealkylation sites (tertiary alicyclic amines) is 1. The van der Waals surface area contributed by atoms with E-state index in [0.29, 0.717) is 25.8 Å². The quantitative estimate of drug-likeness (QED) is 0.373. The first-order chi connectivity index (χ1) is 18.7. The highest BCUT2D eigenvalue weighted by Gasteiger charge is 2.40. The molecule has 4 amide bonds. The second-order valence-electron chi connectivity index (χ2n) is 12.1. The third-order valence-electron chi connectivity index (χ3n) is 7.84. The number of halogens is 1. The zero-order valence-electron chi connectivity index (χ0n) is 25.2. The fourth-order valence-corrected chi connectivity index (χ4v) is 4.83. The number of nitrogens with zero attached hydrogens (tertiary/aromatic N) is 2. The molecule has 41 heavy (non-hydrogen) atoms. The average Bonchev–Trinajstić information content (AvgIpc) is 3.41. The summed E-state index contributed by atoms with van der Waals surface area (Å²) in [6, 6.07) is 12.5. The third kappa shape index (κ3) is 8.66. The molecule has 10 heteroatoms. The Kier molecular flexibility index (Phi) is 11.7. The monoisotopic (exact) mass is 587 g/mol. The molecule has 9 nitrogen and oxygen atoms in total. The van der Waals surface area contributed by atoms with Crippen LogP contribution in [0.5, 0.6) is 0 Å². The maximum absolute atomic E-state index is 13.6. The molecular formula is C31H46ClN5O4. The van der Waals surface area contributed by atoms with Gasteiger partial charge in [-0.3, -0.25) is 19.2 Å². The molecule has 1 fully saturated rings. The van der Waals surface area contributed by atoms with Crippen molar-refractivity contribution in [1.29, 1.82) is 0 Å². The SMILES string of the molecule is CCC(C)(C)C(=O)N1CCCC1C(=O)N[C@H](Cc1ccc2ccccc2c1)C(=O)N(C)CCNC(=O)C(C)(C)N.Cl. The van der Waals surface area contributed by atoms with E-state index in [-0.39, 0.29) is 49.1 Å². The number of hydrogen-bond acceptors (Lipinski definition) is 5. The zero-order valence-corrected chi connectivity index (χ0v) is 26.0. The Bertz CT molecular complexity index is 1240. The Balaban J connectivity index is 0.00000588. The van der Waals surface area contributed by atoms with E-state index in [9.17, 15) is 19.2 Å². The van der Waals surface area contributed by atoms with Crippen LogP contribution in [0.2, 0.25) is 0 Å². The lowest BCUT2D eigenvalue weighted by Gasteiger charge is -2.33. The van der Waals surface area contributed by atoms with Gasteiger partial charge in [0.2, 0.25) is 23.6 Å². The van der Waals surface area contributed by atoms with E-state index in [0.717, 1.165) is 22.8 Å². The fraction of sp³-hybridized carbons (Fsp3) is 0.548. The molecule has 1 unspecified atom stereocenters. The molecule has 0 spiro atoms. The highest BCUT2D eigenvalue weighted by Crippen LogP contribution is 2.28. The molecule has 0 saturated carbocycles. The Morgan fingerprint density at radius 1 is 1.07 bits per heavy atom. The van der Waals surface area contributed by atoms with E-state index in [1.165, 1.54) is 4.90 Å². The van der Waals surface area contributed by atoms with Gasteiger partial charge in [0.05, 0.1) is 5.54 Å². The van der Waals surface area contributed by atoms with Crippen molar-refractivity contribution in [2.45, 2.75) is 77.9 Å². The number of amides is 4. The number of benzene rings is 2. The van der Waals surface area contributed by atoms with E-state index in [1.807, 2.05) is 63.2 Å². The number of nitrogens with one attached hydrogen (secondary N) is 2. The molecule has 2 atom stereocenters. The zero-order chi connectivity index (χ0) is 29.7. The predicted octanol–water partition coefficient (Wildman–Crippen LogP) is 3.03. The Morgan fingerprint density at radius 3 is 2.37 bits per heavy atom. The molecule has 2 aromatic rings. The van der Waals surface area contributed by atoms with E-state index in [2.05, 4.69) is 10.6 Å². The molecule has 1 aliphatic rings. The minimum Gasteiger partial charge on any atom is -0.353 e. The van der Waals surface area contributed by atoms with Crippen LogP contribution in [-0.4, -0.2) is 77.7 Å². The van der Waals surface area contributed by atoms with Gasteiger partial charge in [-0.2, -0.15) is 0 Å². The van der Waals surface area contributed by atoms with Gasteiger partial charge in [0, 0.05) is 38.5 Å². The number of nitrogens with two attached hydrogens (primary N) is 1. The van der Waals surface area contributed by atoms with Gasteiger partial charge in [0.25, 0.3) is 0 Å². The molecule has 2 aromatic carbocycles. The van der Waals surface area contributed by atoms with Gasteiger partial charge < -0.3 is 26.2 Å². The number of likely N-dealkylation sites (N-methyl/N-ethyl adjacent to an activating group) is 1. The van der Waals surface area contributed by atoms with Gasteiger partial charge in [0.1, 0.15) is 12.1 Å². The molecule has 0 bridgehead atoms. The van der Waals surface area contributed by atoms with Crippen LogP contribution >= 0.6 is 12.4 Å². The molecule has 4 N–H and O–H groups in total. The highest BCUT2D eigenvalue weighted by atomic mass is 35.5. The second-order valence-corrected chi connectivity index (χ2v) is 12.1. The van der Waals surface area contributed by atoms with Crippen LogP contribution < -0.4 is 16.4 Å². The fourth-order valence-electron chi connectivity index (χ4n) is 4.83. The van der Waals surface area contributed by atoms with Crippen LogP contribution in [-0.2, 0) is 25.6 Å². The summed E-state index contributed by atoms with van der Waals surface area (Å²) in [5.41, 5.74) is 5.17. The van der Waals surface area contributed by atoms with Crippen molar-refractivity contribution in [3.05, 3.63) is 48.0 Å². The molecular weight excluding hydrogens is 542 g/mol. The number of rotatable bonds is 11. The van der Waals surface area contributed by atoms with Gasteiger partial charge in [-0.15, -0.1) is 12.4 Å². The molecule has 0 aliphatic carbocycles. The number of hydrogen-bond donors (Lipinski definition) is 3. The molecule has 3 rings (SSSR count). The average molecular weight is 588 g/mol. The van der Waals surface area contributed by atoms with E-state index in [1.54, 1.807) is 25.8 Å². The van der Waals surface area contributed by atoms with Crippen LogP contribution in [0.25, 0.3) is 10.8 Å². The maximum atomic E-state index is 13.6. The maximum Gasteiger partial charge on any atom is 0.245 e. The van der Waals surface area contributed by atoms with Crippen molar-refractivity contribution >= 4 is 46.8 Å². The van der Waals surface area contributed by atoms with Gasteiger partial charge in [-0.05, 0) is 49.4 Å². The van der Waals surface area contributed by atoms with Gasteiger partial charge >= 0.3 is 0 Å². The van der Waals surface area contributed by atoms with Crippen molar-refractivity contribution < 1.29 is 19.2 Å². The van der Waals surface area contributed by atoms with Crippen LogP contribution in [0.3, 0.4) is 0 Å². The number of carbonyl (C=O) groups excluding carboxylic acids is 4. The smallest absolute Gasteiger partial charge is 0.245 e. The Labute approximate surface area is 250 Å². The van der Waals surface area contributed by atoms with E-state index < -0.39 is 23.0 Å². The summed E-state index contributed by atoms with van der Waals surface area (Å²) >= 11 is 0. The van der Waals surface area contributed by atoms with Gasteiger partial charge in [-0.1, -0.05) is 63.2 Å². The minimum absolute atomic E-state index is 0. The van der Waals surface area contributed by atoms with Crippen LogP contribution in [0, 0.1) is 5.41 Å². The van der Waals surface area contributed by atoms with Gasteiger partial charge in [-0.25, -0.2) is 0 Å². The van der Waals surface area contributed by atoms with E-state index >= 15 is 0 Å². The molecule has 226 valence electrons.